The molecule has 0 spiro atoms. The van der Waals surface area contributed by atoms with Crippen LogP contribution in [0, 0.1) is 5.82 Å². The number of benzene rings is 1. The maximum atomic E-state index is 13.8. The number of carbonyl (C=O) groups excluding carboxylic acids is 1. The fourth-order valence-corrected chi connectivity index (χ4v) is 2.35. The van der Waals surface area contributed by atoms with Crippen LogP contribution >= 0.6 is 0 Å². The molecule has 0 radical (unpaired) electrons. The molecular formula is C16H25FN2O2. The molecule has 0 aromatic heterocycles. The molecule has 118 valence electrons. The Labute approximate surface area is 125 Å². The van der Waals surface area contributed by atoms with Gasteiger partial charge < -0.3 is 16.2 Å². The van der Waals surface area contributed by atoms with Crippen molar-refractivity contribution in [2.24, 2.45) is 5.73 Å². The number of aliphatic hydroxyl groups is 1. The minimum absolute atomic E-state index is 0.0223. The van der Waals surface area contributed by atoms with E-state index in [1.54, 1.807) is 12.1 Å². The first kappa shape index (κ1) is 17.4. The summed E-state index contributed by atoms with van der Waals surface area (Å²) in [6, 6.07) is 4.20. The number of urea groups is 1. The summed E-state index contributed by atoms with van der Waals surface area (Å²) < 4.78 is 13.8. The van der Waals surface area contributed by atoms with Crippen LogP contribution in [0.25, 0.3) is 0 Å². The average Bonchev–Trinajstić information content (AvgIpc) is 2.45. The summed E-state index contributed by atoms with van der Waals surface area (Å²) in [5.74, 6) is -0.312. The minimum Gasteiger partial charge on any atom is -0.392 e. The molecule has 0 aliphatic heterocycles. The van der Waals surface area contributed by atoms with Gasteiger partial charge in [-0.05, 0) is 36.5 Å². The maximum Gasteiger partial charge on any atom is 0.312 e. The van der Waals surface area contributed by atoms with Crippen LogP contribution in [0.3, 0.4) is 0 Å². The number of aryl methyl sites for hydroxylation is 1. The molecule has 0 saturated carbocycles. The molecule has 21 heavy (non-hydrogen) atoms. The van der Waals surface area contributed by atoms with E-state index in [4.69, 9.17) is 10.8 Å². The number of hydrogen-bond donors (Lipinski definition) is 3. The highest BCUT2D eigenvalue weighted by Crippen LogP contribution is 2.15. The third-order valence-corrected chi connectivity index (χ3v) is 3.56. The van der Waals surface area contributed by atoms with Gasteiger partial charge in [0.1, 0.15) is 5.82 Å². The van der Waals surface area contributed by atoms with Gasteiger partial charge in [-0.15, -0.1) is 0 Å². The van der Waals surface area contributed by atoms with E-state index in [0.29, 0.717) is 24.0 Å². The van der Waals surface area contributed by atoms with E-state index >= 15 is 0 Å². The zero-order chi connectivity index (χ0) is 15.7. The van der Waals surface area contributed by atoms with Gasteiger partial charge >= 0.3 is 6.03 Å². The van der Waals surface area contributed by atoms with Crippen LogP contribution in [0.4, 0.5) is 9.18 Å². The Morgan fingerprint density at radius 1 is 1.38 bits per heavy atom. The predicted molar refractivity (Wildman–Crippen MR) is 81.3 cm³/mol. The number of rotatable bonds is 9. The molecule has 2 amide bonds. The molecule has 0 saturated heterocycles. The number of aliphatic hydroxyl groups excluding tert-OH is 1. The lowest BCUT2D eigenvalue weighted by molar-refractivity contribution is 0.243. The molecule has 0 heterocycles. The van der Waals surface area contributed by atoms with Crippen LogP contribution in [0.5, 0.6) is 0 Å². The van der Waals surface area contributed by atoms with Crippen molar-refractivity contribution in [3.8, 4) is 0 Å². The summed E-state index contributed by atoms with van der Waals surface area (Å²) in [7, 11) is 0. The lowest BCUT2D eigenvalue weighted by Gasteiger charge is -2.17. The minimum atomic E-state index is -0.535. The molecule has 1 unspecified atom stereocenters. The number of primary amides is 1. The number of hydrogen-bond acceptors (Lipinski definition) is 2. The smallest absolute Gasteiger partial charge is 0.312 e. The molecule has 1 atom stereocenters. The first-order chi connectivity index (χ1) is 10.1. The van der Waals surface area contributed by atoms with E-state index in [1.807, 2.05) is 0 Å². The molecule has 0 bridgehead atoms. The second kappa shape index (κ2) is 9.34. The van der Waals surface area contributed by atoms with Crippen molar-refractivity contribution in [2.75, 3.05) is 0 Å². The van der Waals surface area contributed by atoms with Gasteiger partial charge in [0.25, 0.3) is 0 Å². The molecule has 0 aliphatic carbocycles. The Kier molecular flexibility index (Phi) is 7.75. The van der Waals surface area contributed by atoms with Crippen molar-refractivity contribution in [3.63, 3.8) is 0 Å². The van der Waals surface area contributed by atoms with Gasteiger partial charge in [-0.2, -0.15) is 0 Å². The molecule has 5 heteroatoms. The lowest BCUT2D eigenvalue weighted by Crippen LogP contribution is -2.39. The van der Waals surface area contributed by atoms with Crippen LogP contribution < -0.4 is 11.1 Å². The highest BCUT2D eigenvalue weighted by molar-refractivity contribution is 5.71. The lowest BCUT2D eigenvalue weighted by atomic mass is 9.99. The largest absolute Gasteiger partial charge is 0.392 e. The van der Waals surface area contributed by atoms with Crippen LogP contribution in [0.1, 0.15) is 50.2 Å². The molecular weight excluding hydrogens is 271 g/mol. The third kappa shape index (κ3) is 6.58. The van der Waals surface area contributed by atoms with Crippen molar-refractivity contribution in [1.82, 2.24) is 5.32 Å². The predicted octanol–water partition coefficient (Wildman–Crippen LogP) is 2.87. The Hall–Kier alpha value is -1.62. The van der Waals surface area contributed by atoms with E-state index in [9.17, 15) is 9.18 Å². The molecule has 1 rings (SSSR count). The van der Waals surface area contributed by atoms with Crippen molar-refractivity contribution in [2.45, 2.75) is 58.1 Å². The van der Waals surface area contributed by atoms with Gasteiger partial charge in [-0.3, -0.25) is 0 Å². The first-order valence-electron chi connectivity index (χ1n) is 7.51. The number of unbranched alkanes of at least 4 members (excludes halogenated alkanes) is 2. The van der Waals surface area contributed by atoms with Crippen LogP contribution in [-0.4, -0.2) is 17.2 Å². The van der Waals surface area contributed by atoms with Gasteiger partial charge in [0.2, 0.25) is 0 Å². The summed E-state index contributed by atoms with van der Waals surface area (Å²) in [4.78, 5) is 11.0. The Bertz CT molecular complexity index is 452. The number of amides is 2. The van der Waals surface area contributed by atoms with Crippen LogP contribution in [0.2, 0.25) is 0 Å². The topological polar surface area (TPSA) is 75.3 Å². The fourth-order valence-electron chi connectivity index (χ4n) is 2.35. The van der Waals surface area contributed by atoms with E-state index in [-0.39, 0.29) is 18.5 Å². The quantitative estimate of drug-likeness (QED) is 0.613. The van der Waals surface area contributed by atoms with Crippen molar-refractivity contribution < 1.29 is 14.3 Å². The Balaban J connectivity index is 2.56. The van der Waals surface area contributed by atoms with Crippen molar-refractivity contribution >= 4 is 6.03 Å². The summed E-state index contributed by atoms with van der Waals surface area (Å²) in [5.41, 5.74) is 6.34. The van der Waals surface area contributed by atoms with Crippen LogP contribution in [-0.2, 0) is 13.0 Å². The van der Waals surface area contributed by atoms with E-state index in [0.717, 1.165) is 25.7 Å². The summed E-state index contributed by atoms with van der Waals surface area (Å²) >= 11 is 0. The summed E-state index contributed by atoms with van der Waals surface area (Å²) in [5, 5.41) is 11.7. The zero-order valence-electron chi connectivity index (χ0n) is 12.6. The maximum absolute atomic E-state index is 13.8. The van der Waals surface area contributed by atoms with Gasteiger partial charge in [0, 0.05) is 6.04 Å². The number of nitrogens with two attached hydrogens (primary N) is 1. The Morgan fingerprint density at radius 2 is 2.14 bits per heavy atom. The van der Waals surface area contributed by atoms with Gasteiger partial charge in [-0.1, -0.05) is 38.3 Å². The van der Waals surface area contributed by atoms with Gasteiger partial charge in [-0.25, -0.2) is 9.18 Å². The van der Waals surface area contributed by atoms with Crippen molar-refractivity contribution in [1.29, 1.82) is 0 Å². The van der Waals surface area contributed by atoms with E-state index in [2.05, 4.69) is 12.2 Å². The number of carbonyl (C=O) groups is 1. The molecule has 4 nitrogen and oxygen atoms in total. The number of nitrogens with one attached hydrogen (secondary N) is 1. The standard InChI is InChI=1S/C16H25FN2O2/c1-2-3-4-5-14(19-16(18)21)9-8-13-7-6-12(11-20)10-15(13)17/h6-7,10,14,20H,2-5,8-9,11H2,1H3,(H3,18,19,21). The normalized spacial score (nSPS) is 12.1. The second-order valence-electron chi connectivity index (χ2n) is 5.32. The van der Waals surface area contributed by atoms with E-state index < -0.39 is 6.03 Å². The Morgan fingerprint density at radius 3 is 2.71 bits per heavy atom. The monoisotopic (exact) mass is 296 g/mol. The highest BCUT2D eigenvalue weighted by Gasteiger charge is 2.12. The highest BCUT2D eigenvalue weighted by atomic mass is 19.1. The second-order valence-corrected chi connectivity index (χ2v) is 5.32. The summed E-state index contributed by atoms with van der Waals surface area (Å²) in [6.45, 7) is 1.95. The molecule has 4 N–H and O–H groups in total. The zero-order valence-corrected chi connectivity index (χ0v) is 12.6. The van der Waals surface area contributed by atoms with E-state index in [1.165, 1.54) is 6.07 Å². The first-order valence-corrected chi connectivity index (χ1v) is 7.51. The van der Waals surface area contributed by atoms with Crippen LogP contribution in [0.15, 0.2) is 18.2 Å². The van der Waals surface area contributed by atoms with Gasteiger partial charge in [0.15, 0.2) is 0 Å². The molecule has 1 aromatic carbocycles. The summed E-state index contributed by atoms with van der Waals surface area (Å²) in [6.07, 6.45) is 5.29. The third-order valence-electron chi connectivity index (χ3n) is 3.56. The van der Waals surface area contributed by atoms with Crippen molar-refractivity contribution in [3.05, 3.63) is 35.1 Å². The SMILES string of the molecule is CCCCCC(CCc1ccc(CO)cc1F)NC(N)=O. The average molecular weight is 296 g/mol. The molecule has 0 fully saturated rings. The molecule has 0 aliphatic rings. The fraction of sp³-hybridized carbons (Fsp3) is 0.562. The van der Waals surface area contributed by atoms with Gasteiger partial charge in [0.05, 0.1) is 6.61 Å². The molecule has 1 aromatic rings. The number of halogens is 1.